The summed E-state index contributed by atoms with van der Waals surface area (Å²) in [5.41, 5.74) is 2.17. The number of rotatable bonds is 10. The molecular weight excluding hydrogens is 415 g/mol. The van der Waals surface area contributed by atoms with E-state index in [2.05, 4.69) is 43.9 Å². The Kier molecular flexibility index (Phi) is 9.42. The molecule has 0 aliphatic heterocycles. The minimum absolute atomic E-state index is 0.0453. The minimum atomic E-state index is -0.0453. The van der Waals surface area contributed by atoms with E-state index in [0.717, 1.165) is 59.3 Å². The second-order valence-electron chi connectivity index (χ2n) is 11.2. The maximum Gasteiger partial charge on any atom is 0.134 e. The van der Waals surface area contributed by atoms with E-state index in [0.29, 0.717) is 0 Å². The summed E-state index contributed by atoms with van der Waals surface area (Å²) in [6.45, 7) is 5.89. The van der Waals surface area contributed by atoms with Crippen LogP contribution in [0.25, 0.3) is 10.8 Å². The largest absolute Gasteiger partial charge is 0.206 e. The van der Waals surface area contributed by atoms with Crippen LogP contribution in [0.15, 0.2) is 55.1 Å². The number of halogens is 1. The quantitative estimate of drug-likeness (QED) is 0.309. The van der Waals surface area contributed by atoms with Crippen LogP contribution >= 0.6 is 0 Å². The molecule has 0 nitrogen and oxygen atoms in total. The smallest absolute Gasteiger partial charge is 0.134 e. The number of allylic oxidation sites excluding steroid dienone is 3. The van der Waals surface area contributed by atoms with Crippen LogP contribution in [0.3, 0.4) is 0 Å². The fourth-order valence-electron chi connectivity index (χ4n) is 6.76. The Hall–Kier alpha value is -1.89. The van der Waals surface area contributed by atoms with E-state index in [-0.39, 0.29) is 5.82 Å². The SMILES string of the molecule is C=CCCc1ccc2cc(CCC3CCC(C4CCC(CC/C=C/C)CC4)CC3)ccc2c1F. The third-order valence-corrected chi connectivity index (χ3v) is 8.98. The molecule has 0 atom stereocenters. The number of fused-ring (bicyclic) bond motifs is 1. The average Bonchev–Trinajstić information content (AvgIpc) is 2.88. The van der Waals surface area contributed by atoms with Crippen molar-refractivity contribution in [1.29, 1.82) is 0 Å². The van der Waals surface area contributed by atoms with Gasteiger partial charge in [-0.05, 0) is 111 Å². The first-order chi connectivity index (χ1) is 16.7. The van der Waals surface area contributed by atoms with Crippen molar-refractivity contribution >= 4 is 10.8 Å². The van der Waals surface area contributed by atoms with Gasteiger partial charge >= 0.3 is 0 Å². The molecule has 0 aromatic heterocycles. The predicted molar refractivity (Wildman–Crippen MR) is 146 cm³/mol. The fourth-order valence-corrected chi connectivity index (χ4v) is 6.76. The van der Waals surface area contributed by atoms with Gasteiger partial charge in [-0.25, -0.2) is 4.39 Å². The van der Waals surface area contributed by atoms with Crippen molar-refractivity contribution in [3.05, 3.63) is 72.1 Å². The van der Waals surface area contributed by atoms with Gasteiger partial charge in [-0.2, -0.15) is 0 Å². The molecule has 0 amide bonds. The van der Waals surface area contributed by atoms with Crippen LogP contribution in [0, 0.1) is 29.5 Å². The van der Waals surface area contributed by atoms with Gasteiger partial charge in [0.25, 0.3) is 0 Å². The molecule has 34 heavy (non-hydrogen) atoms. The summed E-state index contributed by atoms with van der Waals surface area (Å²) in [6.07, 6.45) is 24.7. The van der Waals surface area contributed by atoms with Crippen LogP contribution in [0.2, 0.25) is 0 Å². The van der Waals surface area contributed by atoms with E-state index < -0.39 is 0 Å². The Morgan fingerprint density at radius 1 is 0.824 bits per heavy atom. The molecule has 2 aromatic carbocycles. The van der Waals surface area contributed by atoms with Crippen molar-refractivity contribution in [3.8, 4) is 0 Å². The van der Waals surface area contributed by atoms with Crippen LogP contribution in [0.1, 0.15) is 95.1 Å². The summed E-state index contributed by atoms with van der Waals surface area (Å²) >= 11 is 0. The number of aryl methyl sites for hydroxylation is 2. The van der Waals surface area contributed by atoms with Crippen LogP contribution in [0.4, 0.5) is 4.39 Å². The normalized spacial score (nSPS) is 25.7. The van der Waals surface area contributed by atoms with Gasteiger partial charge in [-0.1, -0.05) is 74.2 Å². The average molecular weight is 461 g/mol. The van der Waals surface area contributed by atoms with E-state index in [1.54, 1.807) is 0 Å². The number of hydrogen-bond donors (Lipinski definition) is 0. The molecule has 2 aliphatic rings. The van der Waals surface area contributed by atoms with Crippen LogP contribution in [-0.2, 0) is 12.8 Å². The lowest BCUT2D eigenvalue weighted by atomic mass is 9.68. The Balaban J connectivity index is 1.21. The van der Waals surface area contributed by atoms with Gasteiger partial charge < -0.3 is 0 Å². The van der Waals surface area contributed by atoms with E-state index >= 15 is 0 Å². The molecule has 0 radical (unpaired) electrons. The molecule has 1 heteroatoms. The molecule has 2 aliphatic carbocycles. The third-order valence-electron chi connectivity index (χ3n) is 8.98. The first-order valence-electron chi connectivity index (χ1n) is 14.1. The molecule has 2 saturated carbocycles. The molecule has 0 N–H and O–H groups in total. The van der Waals surface area contributed by atoms with Gasteiger partial charge in [0.05, 0.1) is 0 Å². The fraction of sp³-hybridized carbons (Fsp3) is 0.576. The molecular formula is C33H45F. The van der Waals surface area contributed by atoms with Crippen molar-refractivity contribution in [2.45, 2.75) is 96.8 Å². The lowest BCUT2D eigenvalue weighted by Crippen LogP contribution is -2.26. The summed E-state index contributed by atoms with van der Waals surface area (Å²) in [5.74, 6) is 3.81. The second kappa shape index (κ2) is 12.7. The molecule has 184 valence electrons. The second-order valence-corrected chi connectivity index (χ2v) is 11.2. The van der Waals surface area contributed by atoms with E-state index in [4.69, 9.17) is 0 Å². The highest BCUT2D eigenvalue weighted by Crippen LogP contribution is 2.43. The van der Waals surface area contributed by atoms with Crippen LogP contribution < -0.4 is 0 Å². The van der Waals surface area contributed by atoms with Crippen molar-refractivity contribution in [3.63, 3.8) is 0 Å². The zero-order valence-electron chi connectivity index (χ0n) is 21.4. The van der Waals surface area contributed by atoms with Gasteiger partial charge in [0.2, 0.25) is 0 Å². The minimum Gasteiger partial charge on any atom is -0.206 e. The Bertz CT molecular complexity index is 938. The third kappa shape index (κ3) is 6.61. The highest BCUT2D eigenvalue weighted by Gasteiger charge is 2.30. The van der Waals surface area contributed by atoms with E-state index in [1.165, 1.54) is 76.2 Å². The van der Waals surface area contributed by atoms with Gasteiger partial charge in [0.1, 0.15) is 5.82 Å². The molecule has 4 rings (SSSR count). The highest BCUT2D eigenvalue weighted by atomic mass is 19.1. The Morgan fingerprint density at radius 3 is 2.15 bits per heavy atom. The van der Waals surface area contributed by atoms with Gasteiger partial charge in [0.15, 0.2) is 0 Å². The summed E-state index contributed by atoms with van der Waals surface area (Å²) < 4.78 is 14.8. The molecule has 0 unspecified atom stereocenters. The standard InChI is InChI=1S/C33H45F/c1-3-5-7-8-25-12-17-28(18-13-25)29-19-14-26(15-20-29)10-11-27-16-23-32-31(24-27)22-21-30(33(32)34)9-6-4-2/h3-5,16,21-26,28-29H,2,6-15,17-20H2,1H3/b5-3+. The Morgan fingerprint density at radius 2 is 1.50 bits per heavy atom. The van der Waals surface area contributed by atoms with Gasteiger partial charge in [-0.15, -0.1) is 6.58 Å². The summed E-state index contributed by atoms with van der Waals surface area (Å²) in [5, 5.41) is 1.81. The zero-order chi connectivity index (χ0) is 23.8. The molecule has 2 aromatic rings. The molecule has 2 fully saturated rings. The summed E-state index contributed by atoms with van der Waals surface area (Å²) in [4.78, 5) is 0. The topological polar surface area (TPSA) is 0 Å². The first-order valence-corrected chi connectivity index (χ1v) is 14.1. The number of benzene rings is 2. The molecule has 0 heterocycles. The van der Waals surface area contributed by atoms with E-state index in [9.17, 15) is 4.39 Å². The molecule has 0 saturated heterocycles. The maximum atomic E-state index is 14.8. The lowest BCUT2D eigenvalue weighted by molar-refractivity contribution is 0.141. The van der Waals surface area contributed by atoms with Crippen molar-refractivity contribution in [1.82, 2.24) is 0 Å². The predicted octanol–water partition coefficient (Wildman–Crippen LogP) is 10.00. The van der Waals surface area contributed by atoms with Crippen molar-refractivity contribution in [2.24, 2.45) is 23.7 Å². The van der Waals surface area contributed by atoms with Crippen molar-refractivity contribution < 1.29 is 4.39 Å². The van der Waals surface area contributed by atoms with E-state index in [1.807, 2.05) is 18.2 Å². The molecule has 0 spiro atoms. The zero-order valence-corrected chi connectivity index (χ0v) is 21.4. The maximum absolute atomic E-state index is 14.8. The van der Waals surface area contributed by atoms with Gasteiger partial charge in [-0.3, -0.25) is 0 Å². The monoisotopic (exact) mass is 460 g/mol. The molecule has 0 bridgehead atoms. The summed E-state index contributed by atoms with van der Waals surface area (Å²) in [6, 6.07) is 10.4. The lowest BCUT2D eigenvalue weighted by Gasteiger charge is -2.38. The number of hydrogen-bond acceptors (Lipinski definition) is 0. The highest BCUT2D eigenvalue weighted by molar-refractivity contribution is 5.84. The van der Waals surface area contributed by atoms with Crippen LogP contribution in [0.5, 0.6) is 0 Å². The Labute approximate surface area is 207 Å². The van der Waals surface area contributed by atoms with Crippen molar-refractivity contribution in [2.75, 3.05) is 0 Å². The van der Waals surface area contributed by atoms with Gasteiger partial charge in [0, 0.05) is 5.39 Å². The first kappa shape index (κ1) is 25.2. The summed E-state index contributed by atoms with van der Waals surface area (Å²) in [7, 11) is 0. The van der Waals surface area contributed by atoms with Crippen LogP contribution in [-0.4, -0.2) is 0 Å².